The Bertz CT molecular complexity index is 489. The quantitative estimate of drug-likeness (QED) is 0.911. The van der Waals surface area contributed by atoms with Gasteiger partial charge in [-0.1, -0.05) is 6.92 Å². The summed E-state index contributed by atoms with van der Waals surface area (Å²) in [7, 11) is 0. The molecule has 2 atom stereocenters. The van der Waals surface area contributed by atoms with Crippen molar-refractivity contribution < 1.29 is 9.59 Å². The normalized spacial score (nSPS) is 21.5. The van der Waals surface area contributed by atoms with Gasteiger partial charge in [0.2, 0.25) is 11.8 Å². The number of nitrogens with zero attached hydrogens (tertiary/aromatic N) is 1. The topological polar surface area (TPSA) is 63.4 Å². The molecule has 104 valence electrons. The molecule has 0 bridgehead atoms. The van der Waals surface area contributed by atoms with E-state index in [1.807, 2.05) is 18.4 Å². The van der Waals surface area contributed by atoms with E-state index in [1.165, 1.54) is 4.88 Å². The Labute approximate surface area is 125 Å². The number of thiophene rings is 1. The number of hydrogen-bond acceptors (Lipinski definition) is 3. The van der Waals surface area contributed by atoms with Crippen molar-refractivity contribution in [2.24, 2.45) is 5.73 Å². The van der Waals surface area contributed by atoms with E-state index in [4.69, 9.17) is 5.73 Å². The number of amides is 2. The van der Waals surface area contributed by atoms with Gasteiger partial charge in [-0.05, 0) is 40.2 Å². The van der Waals surface area contributed by atoms with Gasteiger partial charge in [-0.3, -0.25) is 9.59 Å². The van der Waals surface area contributed by atoms with Crippen molar-refractivity contribution in [2.75, 3.05) is 6.54 Å². The van der Waals surface area contributed by atoms with Gasteiger partial charge >= 0.3 is 0 Å². The molecule has 0 saturated carbocycles. The molecule has 1 aliphatic heterocycles. The molecule has 2 N–H and O–H groups in total. The van der Waals surface area contributed by atoms with Crippen LogP contribution in [0.2, 0.25) is 0 Å². The molecule has 1 fully saturated rings. The summed E-state index contributed by atoms with van der Waals surface area (Å²) in [5, 5.41) is 2.03. The average molecular weight is 345 g/mol. The average Bonchev–Trinajstić information content (AvgIpc) is 2.78. The third-order valence-electron chi connectivity index (χ3n) is 3.55. The standard InChI is InChI=1S/C13H17BrN2O2S/c1-2-10(13(15)18)16-7-8(3-4-11(16)17)12-9(14)5-6-19-12/h5-6,8,10H,2-4,7H2,1H3,(H2,15,18). The van der Waals surface area contributed by atoms with Gasteiger partial charge in [-0.2, -0.15) is 0 Å². The number of hydrogen-bond donors (Lipinski definition) is 1. The maximum atomic E-state index is 12.0. The van der Waals surface area contributed by atoms with Crippen molar-refractivity contribution in [3.63, 3.8) is 0 Å². The zero-order valence-corrected chi connectivity index (χ0v) is 13.2. The minimum Gasteiger partial charge on any atom is -0.368 e. The Balaban J connectivity index is 2.18. The van der Waals surface area contributed by atoms with E-state index in [1.54, 1.807) is 16.2 Å². The molecule has 0 aliphatic carbocycles. The lowest BCUT2D eigenvalue weighted by Gasteiger charge is -2.36. The minimum absolute atomic E-state index is 0.0366. The van der Waals surface area contributed by atoms with Gasteiger partial charge in [0.15, 0.2) is 0 Å². The van der Waals surface area contributed by atoms with E-state index >= 15 is 0 Å². The van der Waals surface area contributed by atoms with E-state index in [-0.39, 0.29) is 5.91 Å². The van der Waals surface area contributed by atoms with Crippen molar-refractivity contribution in [3.8, 4) is 0 Å². The summed E-state index contributed by atoms with van der Waals surface area (Å²) in [6, 6.07) is 1.54. The van der Waals surface area contributed by atoms with E-state index < -0.39 is 11.9 Å². The number of rotatable bonds is 4. The predicted molar refractivity (Wildman–Crippen MR) is 79.0 cm³/mol. The lowest BCUT2D eigenvalue weighted by molar-refractivity contribution is -0.142. The van der Waals surface area contributed by atoms with E-state index in [0.717, 1.165) is 10.9 Å². The Morgan fingerprint density at radius 1 is 1.68 bits per heavy atom. The van der Waals surface area contributed by atoms with Crippen LogP contribution in [0.25, 0.3) is 0 Å². The Kier molecular flexibility index (Phi) is 4.62. The Morgan fingerprint density at radius 2 is 2.42 bits per heavy atom. The summed E-state index contributed by atoms with van der Waals surface area (Å²) < 4.78 is 1.09. The highest BCUT2D eigenvalue weighted by Gasteiger charge is 2.34. The zero-order valence-electron chi connectivity index (χ0n) is 10.8. The van der Waals surface area contributed by atoms with Crippen LogP contribution in [-0.4, -0.2) is 29.3 Å². The molecule has 2 heterocycles. The molecule has 1 aliphatic rings. The second kappa shape index (κ2) is 6.05. The van der Waals surface area contributed by atoms with Crippen LogP contribution < -0.4 is 5.73 Å². The number of halogens is 1. The zero-order chi connectivity index (χ0) is 14.0. The molecule has 0 radical (unpaired) electrons. The van der Waals surface area contributed by atoms with Gasteiger partial charge in [-0.15, -0.1) is 11.3 Å². The monoisotopic (exact) mass is 344 g/mol. The van der Waals surface area contributed by atoms with Crippen LogP contribution in [-0.2, 0) is 9.59 Å². The van der Waals surface area contributed by atoms with E-state index in [0.29, 0.717) is 25.3 Å². The summed E-state index contributed by atoms with van der Waals surface area (Å²) in [4.78, 5) is 26.4. The first-order valence-electron chi connectivity index (χ1n) is 6.36. The number of nitrogens with two attached hydrogens (primary N) is 1. The summed E-state index contributed by atoms with van der Waals surface area (Å²) in [6.45, 7) is 2.47. The van der Waals surface area contributed by atoms with Crippen molar-refractivity contribution in [2.45, 2.75) is 38.1 Å². The molecule has 2 unspecified atom stereocenters. The Hall–Kier alpha value is -0.880. The number of likely N-dealkylation sites (tertiary alicyclic amines) is 1. The minimum atomic E-state index is -0.478. The third-order valence-corrected chi connectivity index (χ3v) is 5.58. The largest absolute Gasteiger partial charge is 0.368 e. The molecule has 0 spiro atoms. The molecule has 1 aromatic heterocycles. The SMILES string of the molecule is CCC(C(N)=O)N1CC(c2sccc2Br)CCC1=O. The van der Waals surface area contributed by atoms with Crippen LogP contribution >= 0.6 is 27.3 Å². The lowest BCUT2D eigenvalue weighted by atomic mass is 9.94. The molecule has 4 nitrogen and oxygen atoms in total. The summed E-state index contributed by atoms with van der Waals surface area (Å²) in [6.07, 6.45) is 1.89. The van der Waals surface area contributed by atoms with Gasteiger partial charge in [0.05, 0.1) is 0 Å². The van der Waals surface area contributed by atoms with Gasteiger partial charge in [-0.25, -0.2) is 0 Å². The number of piperidine rings is 1. The molecule has 1 saturated heterocycles. The van der Waals surface area contributed by atoms with Gasteiger partial charge in [0, 0.05) is 28.2 Å². The summed E-state index contributed by atoms with van der Waals surface area (Å²) in [5.41, 5.74) is 5.39. The van der Waals surface area contributed by atoms with Crippen molar-refractivity contribution in [1.29, 1.82) is 0 Å². The maximum Gasteiger partial charge on any atom is 0.240 e. The van der Waals surface area contributed by atoms with Crippen LogP contribution in [0.1, 0.15) is 37.0 Å². The summed E-state index contributed by atoms with van der Waals surface area (Å²) in [5.74, 6) is -0.0863. The molecular formula is C13H17BrN2O2S. The first kappa shape index (κ1) is 14.5. The van der Waals surface area contributed by atoms with Gasteiger partial charge in [0.1, 0.15) is 6.04 Å². The smallest absolute Gasteiger partial charge is 0.240 e. The van der Waals surface area contributed by atoms with Crippen LogP contribution in [0.15, 0.2) is 15.9 Å². The first-order valence-corrected chi connectivity index (χ1v) is 8.03. The molecule has 2 rings (SSSR count). The number of carbonyl (C=O) groups excluding carboxylic acids is 2. The van der Waals surface area contributed by atoms with Crippen molar-refractivity contribution in [1.82, 2.24) is 4.90 Å². The second-order valence-corrected chi connectivity index (χ2v) is 6.54. The van der Waals surface area contributed by atoms with Crippen LogP contribution in [0.4, 0.5) is 0 Å². The highest BCUT2D eigenvalue weighted by molar-refractivity contribution is 9.10. The number of primary amides is 1. The van der Waals surface area contributed by atoms with Crippen LogP contribution in [0.5, 0.6) is 0 Å². The van der Waals surface area contributed by atoms with E-state index in [2.05, 4.69) is 15.9 Å². The third kappa shape index (κ3) is 3.00. The Morgan fingerprint density at radius 3 is 2.95 bits per heavy atom. The maximum absolute atomic E-state index is 12.0. The fourth-order valence-corrected chi connectivity index (χ4v) is 4.39. The highest BCUT2D eigenvalue weighted by atomic mass is 79.9. The van der Waals surface area contributed by atoms with Crippen molar-refractivity contribution in [3.05, 3.63) is 20.8 Å². The molecule has 6 heteroatoms. The summed E-state index contributed by atoms with van der Waals surface area (Å²) >= 11 is 5.22. The fourth-order valence-electron chi connectivity index (χ4n) is 2.56. The molecule has 19 heavy (non-hydrogen) atoms. The molecule has 2 amide bonds. The molecule has 0 aromatic carbocycles. The van der Waals surface area contributed by atoms with Crippen LogP contribution in [0.3, 0.4) is 0 Å². The first-order chi connectivity index (χ1) is 9.04. The highest BCUT2D eigenvalue weighted by Crippen LogP contribution is 2.36. The predicted octanol–water partition coefficient (Wildman–Crippen LogP) is 2.48. The van der Waals surface area contributed by atoms with E-state index in [9.17, 15) is 9.59 Å². The number of carbonyl (C=O) groups is 2. The van der Waals surface area contributed by atoms with Crippen molar-refractivity contribution >= 4 is 39.1 Å². The second-order valence-electron chi connectivity index (χ2n) is 4.74. The molecular weight excluding hydrogens is 328 g/mol. The van der Waals surface area contributed by atoms with Gasteiger partial charge < -0.3 is 10.6 Å². The fraction of sp³-hybridized carbons (Fsp3) is 0.538. The van der Waals surface area contributed by atoms with Crippen LogP contribution in [0, 0.1) is 0 Å². The molecule has 1 aromatic rings. The lowest BCUT2D eigenvalue weighted by Crippen LogP contribution is -2.51. The van der Waals surface area contributed by atoms with Gasteiger partial charge in [0.25, 0.3) is 0 Å².